The molecule has 2 amide bonds. The lowest BCUT2D eigenvalue weighted by Crippen LogP contribution is -2.38. The topological polar surface area (TPSA) is 50.2 Å². The zero-order chi connectivity index (χ0) is 19.5. The number of nitrogens with zero attached hydrogens (tertiary/aromatic N) is 3. The van der Waals surface area contributed by atoms with Gasteiger partial charge in [-0.1, -0.05) is 12.1 Å². The van der Waals surface area contributed by atoms with E-state index in [4.69, 9.17) is 0 Å². The van der Waals surface area contributed by atoms with Crippen molar-refractivity contribution in [3.05, 3.63) is 53.6 Å². The van der Waals surface area contributed by atoms with E-state index < -0.39 is 30.4 Å². The van der Waals surface area contributed by atoms with Crippen molar-refractivity contribution in [2.45, 2.75) is 32.2 Å². The number of hydrogen-bond acceptors (Lipinski definition) is 2. The summed E-state index contributed by atoms with van der Waals surface area (Å²) in [5, 5.41) is 2.53. The van der Waals surface area contributed by atoms with Gasteiger partial charge in [0.05, 0.1) is 18.2 Å². The molecule has 1 atom stereocenters. The summed E-state index contributed by atoms with van der Waals surface area (Å²) >= 11 is 0. The van der Waals surface area contributed by atoms with Crippen LogP contribution < -0.4 is 5.32 Å². The number of imidazole rings is 1. The Morgan fingerprint density at radius 2 is 2.04 bits per heavy atom. The lowest BCUT2D eigenvalue weighted by atomic mass is 10.1. The summed E-state index contributed by atoms with van der Waals surface area (Å²) < 4.78 is 64.5. The van der Waals surface area contributed by atoms with E-state index in [0.717, 1.165) is 23.2 Å². The van der Waals surface area contributed by atoms with Gasteiger partial charge in [-0.15, -0.1) is 0 Å². The maximum atomic E-state index is 12.8. The van der Waals surface area contributed by atoms with Gasteiger partial charge in [0.15, 0.2) is 0 Å². The molecule has 0 fully saturated rings. The van der Waals surface area contributed by atoms with E-state index in [-0.39, 0.29) is 17.9 Å². The fourth-order valence-electron chi connectivity index (χ4n) is 2.29. The summed E-state index contributed by atoms with van der Waals surface area (Å²) in [6, 6.07) is 3.28. The third kappa shape index (κ3) is 4.70. The summed E-state index contributed by atoms with van der Waals surface area (Å²) in [6.07, 6.45) is -2.20. The van der Waals surface area contributed by atoms with Crippen LogP contribution in [0.2, 0.25) is 0 Å². The molecular weight excluding hydrogens is 359 g/mol. The van der Waals surface area contributed by atoms with E-state index in [9.17, 15) is 26.7 Å². The quantitative estimate of drug-likeness (QED) is 0.796. The molecule has 0 bridgehead atoms. The average Bonchev–Trinajstić information content (AvgIpc) is 3.02. The van der Waals surface area contributed by atoms with E-state index in [1.165, 1.54) is 32.3 Å². The van der Waals surface area contributed by atoms with Crippen molar-refractivity contribution in [2.24, 2.45) is 0 Å². The molecule has 0 radical (unpaired) electrons. The van der Waals surface area contributed by atoms with E-state index >= 15 is 0 Å². The number of alkyl halides is 5. The molecule has 142 valence electrons. The second-order valence-electron chi connectivity index (χ2n) is 5.68. The highest BCUT2D eigenvalue weighted by Crippen LogP contribution is 2.30. The Labute approximate surface area is 146 Å². The molecular formula is C16H17F5N4O. The summed E-state index contributed by atoms with van der Waals surface area (Å²) in [5.41, 5.74) is -0.543. The molecule has 1 heterocycles. The third-order valence-electron chi connectivity index (χ3n) is 3.74. The van der Waals surface area contributed by atoms with E-state index in [0.29, 0.717) is 4.57 Å². The normalized spacial score (nSPS) is 12.9. The van der Waals surface area contributed by atoms with Crippen LogP contribution in [0.4, 0.5) is 26.7 Å². The molecule has 0 aliphatic heterocycles. The number of urea groups is 1. The minimum Gasteiger partial charge on any atom is -0.331 e. The van der Waals surface area contributed by atoms with Gasteiger partial charge in [0.2, 0.25) is 0 Å². The smallest absolute Gasteiger partial charge is 0.331 e. The number of benzene rings is 1. The van der Waals surface area contributed by atoms with Gasteiger partial charge >= 0.3 is 18.8 Å². The molecule has 2 rings (SSSR count). The molecule has 0 saturated heterocycles. The number of amides is 2. The molecule has 26 heavy (non-hydrogen) atoms. The summed E-state index contributed by atoms with van der Waals surface area (Å²) in [5.74, 6) is -0.00984. The van der Waals surface area contributed by atoms with Gasteiger partial charge in [0.25, 0.3) is 0 Å². The third-order valence-corrected chi connectivity index (χ3v) is 3.74. The summed E-state index contributed by atoms with van der Waals surface area (Å²) in [7, 11) is 1.37. The first-order valence-electron chi connectivity index (χ1n) is 7.58. The molecule has 5 nitrogen and oxygen atoms in total. The first-order chi connectivity index (χ1) is 12.1. The molecule has 1 aromatic heterocycles. The van der Waals surface area contributed by atoms with Crippen molar-refractivity contribution in [2.75, 3.05) is 7.05 Å². The molecule has 1 unspecified atom stereocenters. The van der Waals surface area contributed by atoms with Crippen molar-refractivity contribution in [1.82, 2.24) is 19.8 Å². The molecule has 1 aromatic carbocycles. The Balaban J connectivity index is 2.03. The predicted octanol–water partition coefficient (Wildman–Crippen LogP) is 4.20. The molecule has 0 saturated carbocycles. The van der Waals surface area contributed by atoms with Crippen LogP contribution in [0.15, 0.2) is 36.7 Å². The lowest BCUT2D eigenvalue weighted by molar-refractivity contribution is -0.137. The van der Waals surface area contributed by atoms with E-state index in [1.54, 1.807) is 0 Å². The second-order valence-corrected chi connectivity index (χ2v) is 5.68. The number of hydrogen-bond donors (Lipinski definition) is 1. The van der Waals surface area contributed by atoms with E-state index in [1.807, 2.05) is 0 Å². The Bertz CT molecular complexity index is 759. The number of rotatable bonds is 5. The highest BCUT2D eigenvalue weighted by atomic mass is 19.4. The molecule has 10 heteroatoms. The Morgan fingerprint density at radius 3 is 2.65 bits per heavy atom. The molecule has 2 aromatic rings. The van der Waals surface area contributed by atoms with Crippen LogP contribution in [-0.2, 0) is 12.7 Å². The number of halogens is 5. The predicted molar refractivity (Wildman–Crippen MR) is 83.3 cm³/mol. The summed E-state index contributed by atoms with van der Waals surface area (Å²) in [6.45, 7) is -1.44. The fourth-order valence-corrected chi connectivity index (χ4v) is 2.29. The molecule has 0 spiro atoms. The van der Waals surface area contributed by atoms with Gasteiger partial charge < -0.3 is 10.2 Å². The number of carbonyl (C=O) groups is 1. The van der Waals surface area contributed by atoms with Crippen LogP contribution in [0.1, 0.15) is 36.5 Å². The van der Waals surface area contributed by atoms with Crippen LogP contribution >= 0.6 is 0 Å². The maximum absolute atomic E-state index is 12.8. The van der Waals surface area contributed by atoms with Gasteiger partial charge in [-0.3, -0.25) is 4.57 Å². The molecule has 0 aliphatic rings. The van der Waals surface area contributed by atoms with Crippen LogP contribution in [0.3, 0.4) is 0 Å². The molecule has 0 aliphatic carbocycles. The highest BCUT2D eigenvalue weighted by molar-refractivity contribution is 5.74. The van der Waals surface area contributed by atoms with Gasteiger partial charge in [0, 0.05) is 19.4 Å². The summed E-state index contributed by atoms with van der Waals surface area (Å²) in [4.78, 5) is 17.1. The van der Waals surface area contributed by atoms with Gasteiger partial charge in [-0.25, -0.2) is 9.78 Å². The van der Waals surface area contributed by atoms with Crippen molar-refractivity contribution in [3.63, 3.8) is 0 Å². The van der Waals surface area contributed by atoms with Crippen molar-refractivity contribution in [3.8, 4) is 0 Å². The highest BCUT2D eigenvalue weighted by Gasteiger charge is 2.30. The van der Waals surface area contributed by atoms with Gasteiger partial charge in [-0.2, -0.15) is 22.0 Å². The minimum atomic E-state index is -4.48. The number of carbonyl (C=O) groups excluding carboxylic acids is 1. The average molecular weight is 376 g/mol. The SMILES string of the molecule is CC(NC(=O)N(C)Cc1nccn1C(F)F)c1cccc(C(F)(F)F)c1. The largest absolute Gasteiger partial charge is 0.416 e. The first kappa shape index (κ1) is 19.7. The zero-order valence-electron chi connectivity index (χ0n) is 14.0. The Morgan fingerprint density at radius 1 is 1.35 bits per heavy atom. The fraction of sp³-hybridized carbons (Fsp3) is 0.375. The lowest BCUT2D eigenvalue weighted by Gasteiger charge is -2.22. The van der Waals surface area contributed by atoms with Crippen LogP contribution in [0.5, 0.6) is 0 Å². The van der Waals surface area contributed by atoms with Crippen LogP contribution in [0.25, 0.3) is 0 Å². The zero-order valence-corrected chi connectivity index (χ0v) is 14.0. The van der Waals surface area contributed by atoms with Crippen molar-refractivity contribution in [1.29, 1.82) is 0 Å². The number of aromatic nitrogens is 2. The standard InChI is InChI=1S/C16H17F5N4O/c1-10(11-4-3-5-12(8-11)16(19,20)21)23-15(26)24(2)9-13-22-6-7-25(13)14(17)18/h3-8,10,14H,9H2,1-2H3,(H,23,26). The van der Waals surface area contributed by atoms with Gasteiger partial charge in [0.1, 0.15) is 5.82 Å². The first-order valence-corrected chi connectivity index (χ1v) is 7.58. The maximum Gasteiger partial charge on any atom is 0.416 e. The monoisotopic (exact) mass is 376 g/mol. The number of nitrogens with one attached hydrogen (secondary N) is 1. The van der Waals surface area contributed by atoms with Gasteiger partial charge in [-0.05, 0) is 24.6 Å². The van der Waals surface area contributed by atoms with Crippen molar-refractivity contribution < 1.29 is 26.7 Å². The Kier molecular flexibility index (Phi) is 5.83. The Hall–Kier alpha value is -2.65. The molecule has 1 N–H and O–H groups in total. The van der Waals surface area contributed by atoms with E-state index in [2.05, 4.69) is 10.3 Å². The van der Waals surface area contributed by atoms with Crippen LogP contribution in [0, 0.1) is 0 Å². The van der Waals surface area contributed by atoms with Crippen molar-refractivity contribution >= 4 is 6.03 Å². The minimum absolute atomic E-state index is 0.00984. The van der Waals surface area contributed by atoms with Crippen LogP contribution in [-0.4, -0.2) is 27.5 Å². The second kappa shape index (κ2) is 7.71.